The van der Waals surface area contributed by atoms with Crippen molar-refractivity contribution in [3.63, 3.8) is 0 Å². The van der Waals surface area contributed by atoms with Crippen LogP contribution in [0.15, 0.2) is 18.2 Å². The van der Waals surface area contributed by atoms with Crippen molar-refractivity contribution in [1.82, 2.24) is 5.43 Å². The summed E-state index contributed by atoms with van der Waals surface area (Å²) in [6, 6.07) is 3.01. The number of benzene rings is 1. The van der Waals surface area contributed by atoms with E-state index in [1.807, 2.05) is 0 Å². The van der Waals surface area contributed by atoms with Gasteiger partial charge in [0.1, 0.15) is 11.6 Å². The summed E-state index contributed by atoms with van der Waals surface area (Å²) in [5, 5.41) is 0. The number of nitrogens with one attached hydrogen (secondary N) is 1. The molecule has 0 radical (unpaired) electrons. The molecule has 17 heavy (non-hydrogen) atoms. The van der Waals surface area contributed by atoms with Gasteiger partial charge in [0.05, 0.1) is 6.04 Å². The smallest absolute Gasteiger partial charge is 0.128 e. The Morgan fingerprint density at radius 2 is 2.00 bits per heavy atom. The van der Waals surface area contributed by atoms with Crippen molar-refractivity contribution in [3.05, 3.63) is 35.4 Å². The molecule has 1 rings (SSSR count). The second-order valence-corrected chi connectivity index (χ2v) is 6.66. The van der Waals surface area contributed by atoms with E-state index >= 15 is 0 Å². The van der Waals surface area contributed by atoms with Crippen LogP contribution < -0.4 is 11.3 Å². The van der Waals surface area contributed by atoms with Crippen LogP contribution in [0.3, 0.4) is 0 Å². The van der Waals surface area contributed by atoms with Crippen molar-refractivity contribution in [3.8, 4) is 0 Å². The van der Waals surface area contributed by atoms with Gasteiger partial charge in [-0.05, 0) is 18.2 Å². The lowest BCUT2D eigenvalue weighted by Gasteiger charge is -2.23. The SMILES string of the molecule is CC(C)(C)SCC(NN)c1cc(F)ccc1F. The molecule has 0 amide bonds. The van der Waals surface area contributed by atoms with Crippen LogP contribution in [0.2, 0.25) is 0 Å². The van der Waals surface area contributed by atoms with E-state index in [0.717, 1.165) is 12.1 Å². The second-order valence-electron chi connectivity index (χ2n) is 4.81. The Hall–Kier alpha value is -0.650. The lowest BCUT2D eigenvalue weighted by Crippen LogP contribution is -2.31. The highest BCUT2D eigenvalue weighted by Gasteiger charge is 2.19. The fraction of sp³-hybridized carbons (Fsp3) is 0.500. The lowest BCUT2D eigenvalue weighted by atomic mass is 10.1. The first kappa shape index (κ1) is 14.4. The lowest BCUT2D eigenvalue weighted by molar-refractivity contribution is 0.533. The van der Waals surface area contributed by atoms with Gasteiger partial charge in [0.15, 0.2) is 0 Å². The zero-order valence-electron chi connectivity index (χ0n) is 10.3. The van der Waals surface area contributed by atoms with Crippen LogP contribution in [0.5, 0.6) is 0 Å². The van der Waals surface area contributed by atoms with Gasteiger partial charge in [-0.1, -0.05) is 20.8 Å². The molecule has 0 saturated heterocycles. The number of nitrogens with two attached hydrogens (primary N) is 1. The van der Waals surface area contributed by atoms with Crippen LogP contribution in [-0.2, 0) is 0 Å². The third-order valence-corrected chi connectivity index (χ3v) is 3.58. The standard InChI is InChI=1S/C12H18F2N2S/c1-12(2,3)17-7-11(16-15)9-6-8(13)4-5-10(9)14/h4-6,11,16H,7,15H2,1-3H3. The Morgan fingerprint density at radius 1 is 1.35 bits per heavy atom. The molecule has 0 aliphatic carbocycles. The Kier molecular flexibility index (Phi) is 4.91. The number of hydrogen-bond acceptors (Lipinski definition) is 3. The molecule has 0 aliphatic heterocycles. The molecule has 2 nitrogen and oxygen atoms in total. The Morgan fingerprint density at radius 3 is 2.53 bits per heavy atom. The molecule has 1 aromatic carbocycles. The monoisotopic (exact) mass is 260 g/mol. The van der Waals surface area contributed by atoms with E-state index in [0.29, 0.717) is 5.75 Å². The number of rotatable bonds is 4. The van der Waals surface area contributed by atoms with E-state index in [2.05, 4.69) is 26.2 Å². The first-order valence-electron chi connectivity index (χ1n) is 5.38. The minimum Gasteiger partial charge on any atom is -0.271 e. The summed E-state index contributed by atoms with van der Waals surface area (Å²) < 4.78 is 26.7. The van der Waals surface area contributed by atoms with Gasteiger partial charge in [0.2, 0.25) is 0 Å². The molecule has 0 aromatic heterocycles. The molecule has 0 fully saturated rings. The highest BCUT2D eigenvalue weighted by molar-refractivity contribution is 8.00. The van der Waals surface area contributed by atoms with Crippen LogP contribution >= 0.6 is 11.8 Å². The number of hydrogen-bond donors (Lipinski definition) is 2. The fourth-order valence-corrected chi connectivity index (χ4v) is 2.29. The largest absolute Gasteiger partial charge is 0.271 e. The molecule has 0 bridgehead atoms. The molecule has 1 atom stereocenters. The van der Waals surface area contributed by atoms with Crippen molar-refractivity contribution < 1.29 is 8.78 Å². The molecule has 0 heterocycles. The van der Waals surface area contributed by atoms with Gasteiger partial charge in [-0.15, -0.1) is 0 Å². The van der Waals surface area contributed by atoms with Gasteiger partial charge < -0.3 is 0 Å². The molecule has 0 aliphatic rings. The summed E-state index contributed by atoms with van der Waals surface area (Å²) >= 11 is 1.64. The first-order chi connectivity index (χ1) is 7.83. The summed E-state index contributed by atoms with van der Waals surface area (Å²) in [4.78, 5) is 0. The normalized spacial score (nSPS) is 13.8. The van der Waals surface area contributed by atoms with E-state index in [-0.39, 0.29) is 10.3 Å². The summed E-state index contributed by atoms with van der Waals surface area (Å²) in [5.74, 6) is 5.09. The van der Waals surface area contributed by atoms with Gasteiger partial charge in [0.25, 0.3) is 0 Å². The van der Waals surface area contributed by atoms with Crippen molar-refractivity contribution in [2.24, 2.45) is 5.84 Å². The molecular formula is C12H18F2N2S. The molecule has 0 spiro atoms. The summed E-state index contributed by atoms with van der Waals surface area (Å²) in [6.45, 7) is 6.19. The van der Waals surface area contributed by atoms with E-state index < -0.39 is 17.7 Å². The average Bonchev–Trinajstić information content (AvgIpc) is 2.22. The maximum atomic E-state index is 13.6. The third-order valence-electron chi connectivity index (χ3n) is 2.22. The number of halogens is 2. The van der Waals surface area contributed by atoms with Crippen molar-refractivity contribution in [2.45, 2.75) is 31.6 Å². The van der Waals surface area contributed by atoms with Crippen LogP contribution in [0, 0.1) is 11.6 Å². The summed E-state index contributed by atoms with van der Waals surface area (Å²) in [6.07, 6.45) is 0. The predicted octanol–water partition coefficient (Wildman–Crippen LogP) is 3.00. The van der Waals surface area contributed by atoms with E-state index in [4.69, 9.17) is 5.84 Å². The Bertz CT molecular complexity index is 377. The van der Waals surface area contributed by atoms with E-state index in [1.54, 1.807) is 11.8 Å². The Labute approximate surface area is 105 Å². The molecule has 5 heteroatoms. The minimum atomic E-state index is -0.456. The van der Waals surface area contributed by atoms with Crippen LogP contribution in [0.1, 0.15) is 32.4 Å². The first-order valence-corrected chi connectivity index (χ1v) is 6.37. The number of hydrazine groups is 1. The minimum absolute atomic E-state index is 0.0545. The summed E-state index contributed by atoms with van der Waals surface area (Å²) in [7, 11) is 0. The molecular weight excluding hydrogens is 242 g/mol. The van der Waals surface area contributed by atoms with Gasteiger partial charge >= 0.3 is 0 Å². The van der Waals surface area contributed by atoms with Crippen LogP contribution in [-0.4, -0.2) is 10.5 Å². The van der Waals surface area contributed by atoms with Crippen LogP contribution in [0.25, 0.3) is 0 Å². The molecule has 0 saturated carbocycles. The highest BCUT2D eigenvalue weighted by atomic mass is 32.2. The van der Waals surface area contributed by atoms with Gasteiger partial charge in [-0.2, -0.15) is 11.8 Å². The second kappa shape index (κ2) is 5.80. The summed E-state index contributed by atoms with van der Waals surface area (Å²) in [5.41, 5.74) is 2.80. The van der Waals surface area contributed by atoms with Gasteiger partial charge in [0, 0.05) is 16.1 Å². The topological polar surface area (TPSA) is 38.0 Å². The fourth-order valence-electron chi connectivity index (χ4n) is 1.34. The van der Waals surface area contributed by atoms with Gasteiger partial charge in [-0.25, -0.2) is 8.78 Å². The van der Waals surface area contributed by atoms with E-state index in [9.17, 15) is 8.78 Å². The van der Waals surface area contributed by atoms with E-state index in [1.165, 1.54) is 6.07 Å². The predicted molar refractivity (Wildman–Crippen MR) is 68.6 cm³/mol. The molecule has 1 unspecified atom stereocenters. The number of thioether (sulfide) groups is 1. The van der Waals surface area contributed by atoms with Crippen molar-refractivity contribution in [1.29, 1.82) is 0 Å². The molecule has 96 valence electrons. The molecule has 1 aromatic rings. The van der Waals surface area contributed by atoms with Crippen molar-refractivity contribution in [2.75, 3.05) is 5.75 Å². The average molecular weight is 260 g/mol. The zero-order chi connectivity index (χ0) is 13.1. The zero-order valence-corrected chi connectivity index (χ0v) is 11.1. The molecule has 3 N–H and O–H groups in total. The van der Waals surface area contributed by atoms with Crippen molar-refractivity contribution >= 4 is 11.8 Å². The van der Waals surface area contributed by atoms with Gasteiger partial charge in [-0.3, -0.25) is 11.3 Å². The third kappa shape index (κ3) is 4.61. The maximum absolute atomic E-state index is 13.6. The highest BCUT2D eigenvalue weighted by Crippen LogP contribution is 2.29. The maximum Gasteiger partial charge on any atom is 0.128 e. The Balaban J connectivity index is 2.82. The van der Waals surface area contributed by atoms with Crippen LogP contribution in [0.4, 0.5) is 8.78 Å². The quantitative estimate of drug-likeness (QED) is 0.645.